The molecule has 0 aliphatic carbocycles. The van der Waals surface area contributed by atoms with Crippen LogP contribution in [0, 0.1) is 26.2 Å². The average Bonchev–Trinajstić information content (AvgIpc) is 2.68. The van der Waals surface area contributed by atoms with Crippen LogP contribution in [0.4, 0.5) is 0 Å². The van der Waals surface area contributed by atoms with Crippen LogP contribution in [0.15, 0.2) is 9.59 Å². The van der Waals surface area contributed by atoms with Gasteiger partial charge >= 0.3 is 0 Å². The summed E-state index contributed by atoms with van der Waals surface area (Å²) in [5.41, 5.74) is 7.31. The maximum Gasteiger partial charge on any atom is 0.277 e. The monoisotopic (exact) mass is 266 g/mol. The second-order valence-electron chi connectivity index (χ2n) is 4.17. The normalized spacial score (nSPS) is 11.3. The molecule has 0 radical (unpaired) electrons. The van der Waals surface area contributed by atoms with Crippen molar-refractivity contribution in [1.82, 2.24) is 9.03 Å². The Hall–Kier alpha value is -1.76. The number of hydrogen-bond acceptors (Lipinski definition) is 4. The summed E-state index contributed by atoms with van der Waals surface area (Å²) >= 11 is 1.14. The summed E-state index contributed by atoms with van der Waals surface area (Å²) in [5.74, 6) is 0.404. The van der Waals surface area contributed by atoms with Gasteiger partial charge in [-0.2, -0.15) is 4.52 Å². The van der Waals surface area contributed by atoms with E-state index in [1.54, 1.807) is 25.3 Å². The van der Waals surface area contributed by atoms with Crippen molar-refractivity contribution in [2.75, 3.05) is 0 Å². The van der Waals surface area contributed by atoms with Crippen LogP contribution in [-0.2, 0) is 5.75 Å². The number of rotatable bonds is 2. The first-order valence-corrected chi connectivity index (χ1v) is 6.37. The fourth-order valence-electron chi connectivity index (χ4n) is 1.98. The molecule has 0 saturated carbocycles. The fraction of sp³-hybridized carbons (Fsp3) is 0.364. The summed E-state index contributed by atoms with van der Waals surface area (Å²) in [5, 5.41) is 7.21. The molecule has 6 nitrogen and oxygen atoms in total. The second kappa shape index (κ2) is 4.16. The highest BCUT2D eigenvalue weighted by Gasteiger charge is 2.20. The van der Waals surface area contributed by atoms with Crippen molar-refractivity contribution in [3.63, 3.8) is 0 Å². The zero-order valence-corrected chi connectivity index (χ0v) is 11.2. The van der Waals surface area contributed by atoms with Crippen molar-refractivity contribution in [2.45, 2.75) is 26.5 Å². The Kier molecular flexibility index (Phi) is 2.94. The molecule has 0 fully saturated rings. The van der Waals surface area contributed by atoms with Gasteiger partial charge in [-0.05, 0) is 20.8 Å². The lowest BCUT2D eigenvalue weighted by molar-refractivity contribution is 0.765. The molecule has 2 rings (SSSR count). The van der Waals surface area contributed by atoms with Gasteiger partial charge in [-0.25, -0.2) is 0 Å². The van der Waals surface area contributed by atoms with Gasteiger partial charge < -0.3 is 5.73 Å². The number of thioether (sulfide) groups is 1. The van der Waals surface area contributed by atoms with Crippen LogP contribution in [-0.4, -0.2) is 14.2 Å². The topological polar surface area (TPSA) is 92.8 Å². The molecule has 0 atom stereocenters. The number of aryl methyl sites for hydroxylation is 1. The largest absolute Gasteiger partial charge is 0.379 e. The quantitative estimate of drug-likeness (QED) is 0.602. The summed E-state index contributed by atoms with van der Waals surface area (Å²) in [6.07, 6.45) is 0. The molecule has 0 spiro atoms. The van der Waals surface area contributed by atoms with Gasteiger partial charge in [-0.1, -0.05) is 11.8 Å². The molecular weight excluding hydrogens is 252 g/mol. The Morgan fingerprint density at radius 2 is 1.72 bits per heavy atom. The molecular formula is C11H14N4O2S. The van der Waals surface area contributed by atoms with Crippen molar-refractivity contribution >= 4 is 16.9 Å². The van der Waals surface area contributed by atoms with E-state index in [2.05, 4.69) is 0 Å². The van der Waals surface area contributed by atoms with Crippen molar-refractivity contribution in [3.8, 4) is 0 Å². The van der Waals surface area contributed by atoms with Crippen molar-refractivity contribution in [2.24, 2.45) is 5.73 Å². The Labute approximate surface area is 107 Å². The Morgan fingerprint density at radius 1 is 1.17 bits per heavy atom. The molecule has 0 aliphatic heterocycles. The number of nitrogens with two attached hydrogens (primary N) is 1. The van der Waals surface area contributed by atoms with E-state index in [1.165, 1.54) is 0 Å². The first-order valence-electron chi connectivity index (χ1n) is 5.39. The standard InChI is InChI=1S/C11H14N4O2S/c1-5-7(3)14-8(4-18-11(12)13)6(2)10(17)15(14)9(5)16/h4H2,1-3H3,(H3,12,13). The number of nitrogens with one attached hydrogen (secondary N) is 1. The molecule has 2 aromatic rings. The molecule has 2 heterocycles. The molecule has 0 unspecified atom stereocenters. The van der Waals surface area contributed by atoms with Crippen molar-refractivity contribution in [3.05, 3.63) is 43.2 Å². The minimum absolute atomic E-state index is 0.00919. The van der Waals surface area contributed by atoms with E-state index < -0.39 is 0 Å². The van der Waals surface area contributed by atoms with Gasteiger partial charge in [-0.3, -0.25) is 19.5 Å². The van der Waals surface area contributed by atoms with Crippen LogP contribution in [0.5, 0.6) is 0 Å². The lowest BCUT2D eigenvalue weighted by Gasteiger charge is -2.02. The van der Waals surface area contributed by atoms with Gasteiger partial charge in [0.2, 0.25) is 0 Å². The summed E-state index contributed by atoms with van der Waals surface area (Å²) in [4.78, 5) is 24.0. The van der Waals surface area contributed by atoms with Crippen LogP contribution in [0.25, 0.3) is 0 Å². The third-order valence-corrected chi connectivity index (χ3v) is 3.87. The predicted molar refractivity (Wildman–Crippen MR) is 72.0 cm³/mol. The van der Waals surface area contributed by atoms with Crippen LogP contribution in [0.2, 0.25) is 0 Å². The number of fused-ring (bicyclic) bond motifs is 1. The molecule has 2 aromatic heterocycles. The summed E-state index contributed by atoms with van der Waals surface area (Å²) in [6, 6.07) is 0. The van der Waals surface area contributed by atoms with E-state index in [1.807, 2.05) is 0 Å². The third kappa shape index (κ3) is 1.62. The molecule has 7 heteroatoms. The number of amidine groups is 1. The lowest BCUT2D eigenvalue weighted by Crippen LogP contribution is -2.23. The molecule has 0 amide bonds. The predicted octanol–water partition coefficient (Wildman–Crippen LogP) is 0.249. The smallest absolute Gasteiger partial charge is 0.277 e. The number of hydrogen-bond donors (Lipinski definition) is 2. The van der Waals surface area contributed by atoms with E-state index in [9.17, 15) is 9.59 Å². The Balaban J connectivity index is 2.77. The third-order valence-electron chi connectivity index (χ3n) is 3.14. The molecule has 0 aliphatic rings. The molecule has 96 valence electrons. The minimum atomic E-state index is -0.296. The Morgan fingerprint density at radius 3 is 2.28 bits per heavy atom. The zero-order chi connectivity index (χ0) is 13.6. The highest BCUT2D eigenvalue weighted by Crippen LogP contribution is 2.15. The van der Waals surface area contributed by atoms with E-state index in [0.29, 0.717) is 16.9 Å². The maximum absolute atomic E-state index is 12.0. The van der Waals surface area contributed by atoms with Crippen molar-refractivity contribution < 1.29 is 0 Å². The summed E-state index contributed by atoms with van der Waals surface area (Å²) < 4.78 is 2.78. The zero-order valence-electron chi connectivity index (χ0n) is 10.4. The highest BCUT2D eigenvalue weighted by atomic mass is 32.2. The average molecular weight is 266 g/mol. The van der Waals surface area contributed by atoms with E-state index in [-0.39, 0.29) is 16.3 Å². The minimum Gasteiger partial charge on any atom is -0.379 e. The highest BCUT2D eigenvalue weighted by molar-refractivity contribution is 8.13. The molecule has 0 saturated heterocycles. The first kappa shape index (κ1) is 12.7. The van der Waals surface area contributed by atoms with Crippen LogP contribution in [0.1, 0.15) is 22.5 Å². The van der Waals surface area contributed by atoms with Gasteiger partial charge in [0, 0.05) is 22.6 Å². The van der Waals surface area contributed by atoms with Crippen LogP contribution in [0.3, 0.4) is 0 Å². The van der Waals surface area contributed by atoms with E-state index in [4.69, 9.17) is 11.1 Å². The van der Waals surface area contributed by atoms with Crippen LogP contribution >= 0.6 is 11.8 Å². The Bertz CT molecular complexity index is 744. The molecule has 0 aromatic carbocycles. The van der Waals surface area contributed by atoms with E-state index in [0.717, 1.165) is 27.7 Å². The lowest BCUT2D eigenvalue weighted by atomic mass is 10.2. The van der Waals surface area contributed by atoms with Gasteiger partial charge in [0.15, 0.2) is 5.17 Å². The first-order chi connectivity index (χ1) is 8.36. The number of aromatic nitrogens is 2. The number of nitrogens with zero attached hydrogens (tertiary/aromatic N) is 2. The summed E-state index contributed by atoms with van der Waals surface area (Å²) in [6.45, 7) is 5.19. The maximum atomic E-state index is 12.0. The molecule has 3 N–H and O–H groups in total. The SMILES string of the molecule is Cc1c(C)n2c(CSC(=N)N)c(C)c(=O)n2c1=O. The van der Waals surface area contributed by atoms with Gasteiger partial charge in [0.25, 0.3) is 11.1 Å². The summed E-state index contributed by atoms with van der Waals surface area (Å²) in [7, 11) is 0. The van der Waals surface area contributed by atoms with E-state index >= 15 is 0 Å². The fourth-order valence-corrected chi connectivity index (χ4v) is 2.61. The second-order valence-corrected chi connectivity index (χ2v) is 5.19. The van der Waals surface area contributed by atoms with Gasteiger partial charge in [0.1, 0.15) is 0 Å². The van der Waals surface area contributed by atoms with Crippen molar-refractivity contribution in [1.29, 1.82) is 5.41 Å². The van der Waals surface area contributed by atoms with Crippen LogP contribution < -0.4 is 16.9 Å². The molecule has 18 heavy (non-hydrogen) atoms. The van der Waals surface area contributed by atoms with Gasteiger partial charge in [-0.15, -0.1) is 0 Å². The van der Waals surface area contributed by atoms with Gasteiger partial charge in [0.05, 0.1) is 5.69 Å². The molecule has 0 bridgehead atoms.